The third-order valence-corrected chi connectivity index (χ3v) is 8.38. The lowest BCUT2D eigenvalue weighted by Gasteiger charge is -2.32. The lowest BCUT2D eigenvalue weighted by molar-refractivity contribution is -0.291. The van der Waals surface area contributed by atoms with Crippen molar-refractivity contribution in [3.05, 3.63) is 132 Å². The predicted molar refractivity (Wildman–Crippen MR) is 180 cm³/mol. The minimum absolute atomic E-state index is 0.255. The molecule has 0 saturated carbocycles. The van der Waals surface area contributed by atoms with E-state index in [4.69, 9.17) is 4.99 Å². The molecule has 2 aliphatic rings. The van der Waals surface area contributed by atoms with Gasteiger partial charge in [0.25, 0.3) is 5.84 Å². The fraction of sp³-hybridized carbons (Fsp3) is 0.111. The summed E-state index contributed by atoms with van der Waals surface area (Å²) >= 11 is 0. The second-order valence-corrected chi connectivity index (χ2v) is 11.6. The van der Waals surface area contributed by atoms with Gasteiger partial charge in [0.1, 0.15) is 0 Å². The van der Waals surface area contributed by atoms with Gasteiger partial charge in [-0.15, -0.1) is 0 Å². The highest BCUT2D eigenvalue weighted by atomic mass is 19.2. The Kier molecular flexibility index (Phi) is 6.58. The predicted octanol–water partition coefficient (Wildman–Crippen LogP) is 7.82. The first-order chi connectivity index (χ1) is 21.2. The molecular formula is C36H32BF2N5. The molecule has 0 radical (unpaired) electrons. The van der Waals surface area contributed by atoms with Crippen LogP contribution in [0.4, 0.5) is 25.8 Å². The van der Waals surface area contributed by atoms with Crippen molar-refractivity contribution in [3.8, 4) is 22.4 Å². The molecule has 2 aliphatic heterocycles. The Morgan fingerprint density at radius 3 is 1.70 bits per heavy atom. The molecule has 1 aromatic heterocycles. The number of halogens is 2. The summed E-state index contributed by atoms with van der Waals surface area (Å²) in [6, 6.07) is 36.6. The molecule has 4 aromatic carbocycles. The Morgan fingerprint density at radius 1 is 0.636 bits per heavy atom. The van der Waals surface area contributed by atoms with E-state index in [1.807, 2.05) is 159 Å². The lowest BCUT2D eigenvalue weighted by Crippen LogP contribution is -2.53. The average molecular weight is 583 g/mol. The van der Waals surface area contributed by atoms with Crippen molar-refractivity contribution in [3.63, 3.8) is 0 Å². The molecule has 5 aromatic rings. The van der Waals surface area contributed by atoms with Gasteiger partial charge in [-0.2, -0.15) is 0 Å². The van der Waals surface area contributed by atoms with Gasteiger partial charge in [0.2, 0.25) is 5.82 Å². The second kappa shape index (κ2) is 10.5. The standard InChI is InChI=1S/C36H32BF2N5/c1-41(2)29-19-15-27(16-20-29)33-23-31(25-11-7-5-8-12-25)35-40-36-32(26-13-9-6-10-14-26)24-34(44(36)37(38,39)43(33)35)28-17-21-30(22-18-28)42(3)4/h5-24H,1-4H3. The van der Waals surface area contributed by atoms with Crippen LogP contribution in [0.3, 0.4) is 0 Å². The zero-order valence-electron chi connectivity index (χ0n) is 25.1. The van der Waals surface area contributed by atoms with Crippen LogP contribution in [0.1, 0.15) is 11.1 Å². The molecule has 8 heteroatoms. The highest BCUT2D eigenvalue weighted by molar-refractivity contribution is 6.63. The van der Waals surface area contributed by atoms with Crippen LogP contribution in [0.2, 0.25) is 0 Å². The first-order valence-electron chi connectivity index (χ1n) is 14.6. The summed E-state index contributed by atoms with van der Waals surface area (Å²) in [7, 11) is 7.84. The van der Waals surface area contributed by atoms with Gasteiger partial charge in [0.15, 0.2) is 0 Å². The van der Waals surface area contributed by atoms with Gasteiger partial charge in [-0.05, 0) is 70.2 Å². The highest BCUT2D eigenvalue weighted by Crippen LogP contribution is 2.46. The quantitative estimate of drug-likeness (QED) is 0.191. The fourth-order valence-electron chi connectivity index (χ4n) is 6.07. The number of aliphatic imine (C=N–C) groups is 1. The van der Waals surface area contributed by atoms with Crippen LogP contribution >= 0.6 is 0 Å². The van der Waals surface area contributed by atoms with Crippen LogP contribution in [0.5, 0.6) is 0 Å². The van der Waals surface area contributed by atoms with E-state index in [2.05, 4.69) is 0 Å². The van der Waals surface area contributed by atoms with Crippen molar-refractivity contribution < 1.29 is 13.1 Å². The summed E-state index contributed by atoms with van der Waals surface area (Å²) in [5.41, 5.74) is 7.25. The third kappa shape index (κ3) is 4.45. The number of amidine groups is 1. The van der Waals surface area contributed by atoms with E-state index in [9.17, 15) is 0 Å². The van der Waals surface area contributed by atoms with Gasteiger partial charge in [-0.1, -0.05) is 72.8 Å². The van der Waals surface area contributed by atoms with Crippen molar-refractivity contribution in [1.82, 2.24) is 4.48 Å². The molecular weight excluding hydrogens is 551 g/mol. The largest absolute Gasteiger partial charge is 0.642 e. The Labute approximate surface area is 256 Å². The zero-order chi connectivity index (χ0) is 30.6. The minimum atomic E-state index is -4.37. The van der Waals surface area contributed by atoms with E-state index in [-0.39, 0.29) is 11.7 Å². The molecule has 7 rings (SSSR count). The van der Waals surface area contributed by atoms with Crippen molar-refractivity contribution in [2.75, 3.05) is 38.0 Å². The number of rotatable bonds is 6. The molecule has 0 spiro atoms. The summed E-state index contributed by atoms with van der Waals surface area (Å²) in [5.74, 6) is 0.510. The zero-order valence-corrected chi connectivity index (χ0v) is 25.1. The Hall–Kier alpha value is -5.24. The molecule has 0 saturated heterocycles. The first-order valence-corrected chi connectivity index (χ1v) is 14.6. The van der Waals surface area contributed by atoms with Gasteiger partial charge in [-0.25, -0.2) is 0 Å². The smallest absolute Gasteiger partial charge is 0.414 e. The molecule has 0 unspecified atom stereocenters. The third-order valence-electron chi connectivity index (χ3n) is 8.38. The molecule has 0 atom stereocenters. The molecule has 218 valence electrons. The summed E-state index contributed by atoms with van der Waals surface area (Å²) in [6.45, 7) is -4.37. The van der Waals surface area contributed by atoms with Crippen molar-refractivity contribution in [1.29, 1.82) is 0 Å². The number of benzene rings is 4. The Morgan fingerprint density at radius 2 is 1.16 bits per heavy atom. The van der Waals surface area contributed by atoms with Gasteiger partial charge >= 0.3 is 6.97 Å². The molecule has 3 heterocycles. The Bertz CT molecular complexity index is 1960. The van der Waals surface area contributed by atoms with Gasteiger partial charge < -0.3 is 27.4 Å². The number of anilines is 2. The van der Waals surface area contributed by atoms with E-state index in [0.29, 0.717) is 33.7 Å². The average Bonchev–Trinajstić information content (AvgIpc) is 3.63. The number of hydrogen-bond donors (Lipinski definition) is 0. The van der Waals surface area contributed by atoms with Crippen molar-refractivity contribution in [2.45, 2.75) is 0 Å². The van der Waals surface area contributed by atoms with E-state index in [1.165, 1.54) is 0 Å². The minimum Gasteiger partial charge on any atom is -0.414 e. The normalized spacial score (nSPS) is 15.0. The molecule has 0 N–H and O–H groups in total. The number of fused-ring (bicyclic) bond motifs is 2. The topological polar surface area (TPSA) is 26.8 Å². The fourth-order valence-corrected chi connectivity index (χ4v) is 6.07. The van der Waals surface area contributed by atoms with Gasteiger partial charge in [0, 0.05) is 56.4 Å². The molecule has 0 fully saturated rings. The van der Waals surface area contributed by atoms with Crippen molar-refractivity contribution >= 4 is 41.3 Å². The molecule has 44 heavy (non-hydrogen) atoms. The van der Waals surface area contributed by atoms with E-state index in [0.717, 1.165) is 31.5 Å². The second-order valence-electron chi connectivity index (χ2n) is 11.6. The summed E-state index contributed by atoms with van der Waals surface area (Å²) < 4.78 is 37.3. The lowest BCUT2D eigenvalue weighted by atomic mass is 9.90. The van der Waals surface area contributed by atoms with Crippen LogP contribution in [-0.4, -0.2) is 55.7 Å². The molecule has 0 amide bonds. The number of allylic oxidation sites excluding steroid dienone is 1. The highest BCUT2D eigenvalue weighted by Gasteiger charge is 2.53. The maximum absolute atomic E-state index is 17.5. The number of nitrogens with zero attached hydrogens (tertiary/aromatic N) is 5. The van der Waals surface area contributed by atoms with Crippen LogP contribution in [0, 0.1) is 0 Å². The maximum atomic E-state index is 17.5. The van der Waals surface area contributed by atoms with Crippen LogP contribution in [0.15, 0.2) is 126 Å². The van der Waals surface area contributed by atoms with E-state index < -0.39 is 6.97 Å². The SMILES string of the molecule is CN(C)c1ccc(C2=[N+]3C(=Nc4c(-c5ccccc5)cc(-c5ccc(N(C)C)cc5)n4[B-]3(F)F)C(c3ccccc3)=C2)cc1. The number of hydrogen-bond acceptors (Lipinski definition) is 3. The van der Waals surface area contributed by atoms with Crippen LogP contribution in [0.25, 0.3) is 28.0 Å². The van der Waals surface area contributed by atoms with Crippen molar-refractivity contribution in [2.24, 2.45) is 4.99 Å². The maximum Gasteiger partial charge on any atom is 0.642 e. The van der Waals surface area contributed by atoms with E-state index in [1.54, 1.807) is 0 Å². The molecule has 5 nitrogen and oxygen atoms in total. The summed E-state index contributed by atoms with van der Waals surface area (Å²) in [5, 5.41) is 0. The number of aromatic nitrogens is 1. The van der Waals surface area contributed by atoms with E-state index >= 15 is 8.63 Å². The Balaban J connectivity index is 1.51. The van der Waals surface area contributed by atoms with Crippen LogP contribution in [-0.2, 0) is 0 Å². The summed E-state index contributed by atoms with van der Waals surface area (Å²) in [6.07, 6.45) is 1.86. The van der Waals surface area contributed by atoms with Gasteiger partial charge in [0.05, 0.1) is 11.3 Å². The van der Waals surface area contributed by atoms with Crippen LogP contribution < -0.4 is 9.80 Å². The monoisotopic (exact) mass is 583 g/mol. The van der Waals surface area contributed by atoms with Gasteiger partial charge in [-0.3, -0.25) is 0 Å². The first kappa shape index (κ1) is 27.6. The molecule has 0 aliphatic carbocycles. The molecule has 0 bridgehead atoms. The summed E-state index contributed by atoms with van der Waals surface area (Å²) in [4.78, 5) is 9.07.